The van der Waals surface area contributed by atoms with Crippen molar-refractivity contribution in [3.05, 3.63) is 29.3 Å². The molecule has 0 unspecified atom stereocenters. The Hall–Kier alpha value is -2.02. The molecule has 0 heterocycles. The molecule has 0 fully saturated rings. The van der Waals surface area contributed by atoms with E-state index in [1.807, 2.05) is 26.0 Å². The number of nitrogens with zero attached hydrogens (tertiary/aromatic N) is 1. The van der Waals surface area contributed by atoms with E-state index in [0.717, 1.165) is 18.4 Å². The second-order valence-corrected chi connectivity index (χ2v) is 4.04. The molecule has 0 aliphatic rings. The molecule has 4 heteroatoms. The number of nitriles is 1. The Morgan fingerprint density at radius 2 is 2.28 bits per heavy atom. The molecule has 1 N–H and O–H groups in total. The number of carbonyl (C=O) groups excluding carboxylic acids is 1. The Bertz CT molecular complexity index is 450. The highest BCUT2D eigenvalue weighted by Crippen LogP contribution is 2.17. The average Bonchev–Trinajstić information content (AvgIpc) is 2.36. The lowest BCUT2D eigenvalue weighted by Gasteiger charge is -2.09. The van der Waals surface area contributed by atoms with Crippen LogP contribution in [0.2, 0.25) is 0 Å². The first-order valence-corrected chi connectivity index (χ1v) is 6.08. The van der Waals surface area contributed by atoms with Crippen LogP contribution in [0.1, 0.15) is 30.9 Å². The van der Waals surface area contributed by atoms with Crippen molar-refractivity contribution in [2.75, 3.05) is 18.5 Å². The third-order valence-electron chi connectivity index (χ3n) is 2.57. The Morgan fingerprint density at radius 1 is 1.50 bits per heavy atom. The number of anilines is 1. The van der Waals surface area contributed by atoms with Crippen LogP contribution in [-0.2, 0) is 9.53 Å². The monoisotopic (exact) mass is 246 g/mol. The van der Waals surface area contributed by atoms with Gasteiger partial charge in [-0.2, -0.15) is 5.26 Å². The molecular formula is C14H18N2O2. The van der Waals surface area contributed by atoms with Gasteiger partial charge in [0.25, 0.3) is 0 Å². The number of unbranched alkanes of at least 4 members (excludes halogenated alkanes) is 1. The summed E-state index contributed by atoms with van der Waals surface area (Å²) in [6.07, 6.45) is 1.87. The zero-order valence-electron chi connectivity index (χ0n) is 10.8. The first-order chi connectivity index (χ1) is 8.69. The number of esters is 1. The summed E-state index contributed by atoms with van der Waals surface area (Å²) in [5.74, 6) is -0.297. The molecule has 1 aromatic carbocycles. The van der Waals surface area contributed by atoms with Crippen molar-refractivity contribution < 1.29 is 9.53 Å². The smallest absolute Gasteiger partial charge is 0.325 e. The van der Waals surface area contributed by atoms with Crippen LogP contribution in [0.25, 0.3) is 0 Å². The van der Waals surface area contributed by atoms with Gasteiger partial charge in [0.2, 0.25) is 0 Å². The van der Waals surface area contributed by atoms with Gasteiger partial charge in [0, 0.05) is 0 Å². The average molecular weight is 246 g/mol. The van der Waals surface area contributed by atoms with Crippen molar-refractivity contribution >= 4 is 11.7 Å². The van der Waals surface area contributed by atoms with E-state index in [1.165, 1.54) is 0 Å². The summed E-state index contributed by atoms with van der Waals surface area (Å²) in [6, 6.07) is 7.62. The van der Waals surface area contributed by atoms with Crippen molar-refractivity contribution in [1.29, 1.82) is 5.26 Å². The molecule has 1 rings (SSSR count). The number of benzene rings is 1. The fourth-order valence-electron chi connectivity index (χ4n) is 1.51. The fraction of sp³-hybridized carbons (Fsp3) is 0.429. The summed E-state index contributed by atoms with van der Waals surface area (Å²) in [6.45, 7) is 4.44. The normalized spacial score (nSPS) is 9.61. The second-order valence-electron chi connectivity index (χ2n) is 4.04. The quantitative estimate of drug-likeness (QED) is 0.619. The van der Waals surface area contributed by atoms with Gasteiger partial charge in [-0.3, -0.25) is 4.79 Å². The van der Waals surface area contributed by atoms with Crippen LogP contribution < -0.4 is 5.32 Å². The van der Waals surface area contributed by atoms with Gasteiger partial charge >= 0.3 is 5.97 Å². The number of ether oxygens (including phenoxy) is 1. The van der Waals surface area contributed by atoms with E-state index in [-0.39, 0.29) is 12.5 Å². The molecule has 0 radical (unpaired) electrons. The fourth-order valence-corrected chi connectivity index (χ4v) is 1.51. The third-order valence-corrected chi connectivity index (χ3v) is 2.57. The van der Waals surface area contributed by atoms with Crippen LogP contribution >= 0.6 is 0 Å². The van der Waals surface area contributed by atoms with E-state index in [0.29, 0.717) is 17.9 Å². The Balaban J connectivity index is 2.51. The van der Waals surface area contributed by atoms with Crippen molar-refractivity contribution in [2.24, 2.45) is 0 Å². The summed E-state index contributed by atoms with van der Waals surface area (Å²) in [4.78, 5) is 11.4. The predicted octanol–water partition coefficient (Wildman–Crippen LogP) is 2.62. The maximum atomic E-state index is 11.4. The standard InChI is InChI=1S/C14H18N2O2/c1-3-4-8-18-14(17)10-16-13-7-5-6-11(2)12(13)9-15/h5-7,16H,3-4,8,10H2,1-2H3. The van der Waals surface area contributed by atoms with E-state index in [9.17, 15) is 4.79 Å². The van der Waals surface area contributed by atoms with E-state index in [4.69, 9.17) is 10.00 Å². The molecule has 96 valence electrons. The molecular weight excluding hydrogens is 228 g/mol. The number of aryl methyl sites for hydroxylation is 1. The van der Waals surface area contributed by atoms with Crippen molar-refractivity contribution in [2.45, 2.75) is 26.7 Å². The SMILES string of the molecule is CCCCOC(=O)CNc1cccc(C)c1C#N. The highest BCUT2D eigenvalue weighted by molar-refractivity contribution is 5.76. The highest BCUT2D eigenvalue weighted by atomic mass is 16.5. The molecule has 0 amide bonds. The number of rotatable bonds is 6. The summed E-state index contributed by atoms with van der Waals surface area (Å²) < 4.78 is 5.02. The minimum Gasteiger partial charge on any atom is -0.464 e. The maximum Gasteiger partial charge on any atom is 0.325 e. The van der Waals surface area contributed by atoms with E-state index < -0.39 is 0 Å². The Kier molecular flexibility index (Phi) is 5.72. The molecule has 0 aliphatic heterocycles. The van der Waals surface area contributed by atoms with E-state index in [2.05, 4.69) is 11.4 Å². The zero-order chi connectivity index (χ0) is 13.4. The van der Waals surface area contributed by atoms with Gasteiger partial charge in [0.1, 0.15) is 12.6 Å². The maximum absolute atomic E-state index is 11.4. The van der Waals surface area contributed by atoms with Crippen molar-refractivity contribution in [3.63, 3.8) is 0 Å². The molecule has 1 aromatic rings. The minimum atomic E-state index is -0.297. The van der Waals surface area contributed by atoms with Gasteiger partial charge in [-0.15, -0.1) is 0 Å². The molecule has 0 aromatic heterocycles. The second kappa shape index (κ2) is 7.33. The van der Waals surface area contributed by atoms with Gasteiger partial charge in [0.05, 0.1) is 17.9 Å². The Labute approximate surface area is 108 Å². The van der Waals surface area contributed by atoms with Crippen LogP contribution in [0, 0.1) is 18.3 Å². The lowest BCUT2D eigenvalue weighted by Crippen LogP contribution is -2.18. The van der Waals surface area contributed by atoms with E-state index in [1.54, 1.807) is 6.07 Å². The molecule has 0 saturated carbocycles. The Morgan fingerprint density at radius 3 is 2.94 bits per heavy atom. The lowest BCUT2D eigenvalue weighted by molar-refractivity contribution is -0.141. The van der Waals surface area contributed by atoms with Gasteiger partial charge in [0.15, 0.2) is 0 Å². The van der Waals surface area contributed by atoms with Gasteiger partial charge in [-0.25, -0.2) is 0 Å². The summed E-state index contributed by atoms with van der Waals surface area (Å²) in [5.41, 5.74) is 2.13. The third kappa shape index (κ3) is 4.10. The van der Waals surface area contributed by atoms with Crippen LogP contribution in [0.3, 0.4) is 0 Å². The largest absolute Gasteiger partial charge is 0.464 e. The zero-order valence-corrected chi connectivity index (χ0v) is 10.8. The number of hydrogen-bond acceptors (Lipinski definition) is 4. The molecule has 0 atom stereocenters. The lowest BCUT2D eigenvalue weighted by atomic mass is 10.1. The summed E-state index contributed by atoms with van der Waals surface area (Å²) >= 11 is 0. The highest BCUT2D eigenvalue weighted by Gasteiger charge is 2.07. The predicted molar refractivity (Wildman–Crippen MR) is 70.3 cm³/mol. The molecule has 4 nitrogen and oxygen atoms in total. The van der Waals surface area contributed by atoms with Crippen LogP contribution in [0.15, 0.2) is 18.2 Å². The van der Waals surface area contributed by atoms with Crippen molar-refractivity contribution in [1.82, 2.24) is 0 Å². The number of hydrogen-bond donors (Lipinski definition) is 1. The van der Waals surface area contributed by atoms with Crippen LogP contribution in [0.4, 0.5) is 5.69 Å². The molecule has 0 aliphatic carbocycles. The number of carbonyl (C=O) groups is 1. The number of nitrogens with one attached hydrogen (secondary N) is 1. The summed E-state index contributed by atoms with van der Waals surface area (Å²) in [5, 5.41) is 12.0. The minimum absolute atomic E-state index is 0.0852. The van der Waals surface area contributed by atoms with Crippen LogP contribution in [0.5, 0.6) is 0 Å². The first-order valence-electron chi connectivity index (χ1n) is 6.08. The molecule has 0 spiro atoms. The van der Waals surface area contributed by atoms with Crippen LogP contribution in [-0.4, -0.2) is 19.1 Å². The molecule has 0 bridgehead atoms. The van der Waals surface area contributed by atoms with Gasteiger partial charge in [-0.1, -0.05) is 25.5 Å². The van der Waals surface area contributed by atoms with E-state index >= 15 is 0 Å². The van der Waals surface area contributed by atoms with Gasteiger partial charge < -0.3 is 10.1 Å². The topological polar surface area (TPSA) is 62.1 Å². The molecule has 18 heavy (non-hydrogen) atoms. The molecule has 0 saturated heterocycles. The van der Waals surface area contributed by atoms with Crippen molar-refractivity contribution in [3.8, 4) is 6.07 Å². The first kappa shape index (κ1) is 14.0. The van der Waals surface area contributed by atoms with Gasteiger partial charge in [-0.05, 0) is 25.0 Å². The summed E-state index contributed by atoms with van der Waals surface area (Å²) in [7, 11) is 0.